The number of hydrogen-bond acceptors (Lipinski definition) is 6. The average Bonchev–Trinajstić information content (AvgIpc) is 2.97. The normalized spacial score (nSPS) is 23.0. The van der Waals surface area contributed by atoms with E-state index in [1.165, 1.54) is 17.7 Å². The van der Waals surface area contributed by atoms with Crippen molar-refractivity contribution in [2.75, 3.05) is 11.5 Å². The first-order valence-electron chi connectivity index (χ1n) is 8.47. The van der Waals surface area contributed by atoms with Crippen LogP contribution in [0.1, 0.15) is 52.5 Å². The maximum Gasteiger partial charge on any atom is 0.152 e. The summed E-state index contributed by atoms with van der Waals surface area (Å²) in [6, 6.07) is -0.0697. The summed E-state index contributed by atoms with van der Waals surface area (Å²) in [7, 11) is -2.94. The van der Waals surface area contributed by atoms with Gasteiger partial charge in [0.05, 0.1) is 28.2 Å². The first kappa shape index (κ1) is 16.2. The lowest BCUT2D eigenvalue weighted by molar-refractivity contribution is 0.477. The van der Waals surface area contributed by atoms with Crippen molar-refractivity contribution in [1.82, 2.24) is 19.7 Å². The molecule has 0 unspecified atom stereocenters. The van der Waals surface area contributed by atoms with Crippen LogP contribution in [0.5, 0.6) is 0 Å². The molecular formula is C16H22N4O2S2. The summed E-state index contributed by atoms with van der Waals surface area (Å²) in [6.45, 7) is 4.03. The van der Waals surface area contributed by atoms with Gasteiger partial charge < -0.3 is 0 Å². The Morgan fingerprint density at radius 3 is 2.58 bits per heavy atom. The molecule has 3 heterocycles. The van der Waals surface area contributed by atoms with E-state index in [2.05, 4.69) is 4.98 Å². The molecule has 1 atom stereocenters. The summed E-state index contributed by atoms with van der Waals surface area (Å²) >= 11 is 1.69. The summed E-state index contributed by atoms with van der Waals surface area (Å²) in [6.07, 6.45) is 4.76. The first-order chi connectivity index (χ1) is 11.4. The van der Waals surface area contributed by atoms with E-state index in [1.54, 1.807) is 11.3 Å². The van der Waals surface area contributed by atoms with Crippen LogP contribution in [0.15, 0.2) is 0 Å². The van der Waals surface area contributed by atoms with Crippen molar-refractivity contribution in [2.24, 2.45) is 5.92 Å². The quantitative estimate of drug-likeness (QED) is 0.811. The predicted molar refractivity (Wildman–Crippen MR) is 93.2 cm³/mol. The third-order valence-electron chi connectivity index (χ3n) is 4.79. The highest BCUT2D eigenvalue weighted by molar-refractivity contribution is 7.91. The Kier molecular flexibility index (Phi) is 3.99. The highest BCUT2D eigenvalue weighted by atomic mass is 32.2. The first-order valence-corrected chi connectivity index (χ1v) is 11.1. The van der Waals surface area contributed by atoms with E-state index >= 15 is 0 Å². The van der Waals surface area contributed by atoms with Gasteiger partial charge in [-0.25, -0.2) is 23.1 Å². The number of thiazole rings is 1. The van der Waals surface area contributed by atoms with E-state index in [0.29, 0.717) is 18.8 Å². The number of sulfone groups is 1. The van der Waals surface area contributed by atoms with Gasteiger partial charge in [-0.1, -0.05) is 0 Å². The zero-order valence-corrected chi connectivity index (χ0v) is 15.7. The Labute approximate surface area is 146 Å². The lowest BCUT2D eigenvalue weighted by Crippen LogP contribution is -2.16. The summed E-state index contributed by atoms with van der Waals surface area (Å²) in [5, 5.41) is 5.75. The molecule has 2 aromatic heterocycles. The number of hydrogen-bond donors (Lipinski definition) is 0. The lowest BCUT2D eigenvalue weighted by atomic mass is 10.2. The summed E-state index contributed by atoms with van der Waals surface area (Å²) in [5.41, 5.74) is 1.04. The smallest absolute Gasteiger partial charge is 0.152 e. The largest absolute Gasteiger partial charge is 0.247 e. The Morgan fingerprint density at radius 2 is 2.00 bits per heavy atom. The molecule has 1 aliphatic carbocycles. The maximum absolute atomic E-state index is 11.9. The minimum Gasteiger partial charge on any atom is -0.247 e. The van der Waals surface area contributed by atoms with Crippen molar-refractivity contribution in [3.05, 3.63) is 27.2 Å². The van der Waals surface area contributed by atoms with E-state index in [-0.39, 0.29) is 17.5 Å². The Balaban J connectivity index is 1.65. The molecule has 24 heavy (non-hydrogen) atoms. The SMILES string of the molecule is Cc1nc(C)c(Cc2nc(CC3CC3)nn2[C@@H]2CCS(=O)(=O)C2)s1. The molecule has 1 saturated heterocycles. The number of aryl methyl sites for hydroxylation is 2. The maximum atomic E-state index is 11.9. The third kappa shape index (κ3) is 3.39. The van der Waals surface area contributed by atoms with Crippen LogP contribution in [-0.2, 0) is 22.7 Å². The molecule has 0 amide bonds. The van der Waals surface area contributed by atoms with Gasteiger partial charge in [0, 0.05) is 17.7 Å². The highest BCUT2D eigenvalue weighted by Crippen LogP contribution is 2.33. The summed E-state index contributed by atoms with van der Waals surface area (Å²) in [5.74, 6) is 2.92. The van der Waals surface area contributed by atoms with Gasteiger partial charge in [-0.15, -0.1) is 11.3 Å². The van der Waals surface area contributed by atoms with Gasteiger partial charge in [0.15, 0.2) is 15.7 Å². The van der Waals surface area contributed by atoms with Crippen molar-refractivity contribution >= 4 is 21.2 Å². The molecular weight excluding hydrogens is 344 g/mol. The fraction of sp³-hybridized carbons (Fsp3) is 0.688. The average molecular weight is 367 g/mol. The molecule has 0 aromatic carbocycles. The molecule has 1 aliphatic heterocycles. The summed E-state index contributed by atoms with van der Waals surface area (Å²) < 4.78 is 25.6. The van der Waals surface area contributed by atoms with Crippen molar-refractivity contribution < 1.29 is 8.42 Å². The molecule has 130 valence electrons. The fourth-order valence-electron chi connectivity index (χ4n) is 3.33. The number of nitrogens with zero attached hydrogens (tertiary/aromatic N) is 4. The molecule has 4 rings (SSSR count). The Hall–Kier alpha value is -1.28. The number of rotatable bonds is 5. The molecule has 2 aromatic rings. The minimum atomic E-state index is -2.94. The van der Waals surface area contributed by atoms with Gasteiger partial charge in [0.25, 0.3) is 0 Å². The van der Waals surface area contributed by atoms with Crippen LogP contribution in [-0.4, -0.2) is 39.7 Å². The van der Waals surface area contributed by atoms with Crippen LogP contribution in [0, 0.1) is 19.8 Å². The summed E-state index contributed by atoms with van der Waals surface area (Å²) in [4.78, 5) is 10.4. The number of aromatic nitrogens is 4. The van der Waals surface area contributed by atoms with Crippen molar-refractivity contribution in [3.63, 3.8) is 0 Å². The molecule has 2 aliphatic rings. The van der Waals surface area contributed by atoms with Crippen LogP contribution in [0.4, 0.5) is 0 Å². The third-order valence-corrected chi connectivity index (χ3v) is 7.61. The van der Waals surface area contributed by atoms with E-state index in [9.17, 15) is 8.42 Å². The minimum absolute atomic E-state index is 0.0697. The van der Waals surface area contributed by atoms with E-state index in [4.69, 9.17) is 10.1 Å². The topological polar surface area (TPSA) is 77.7 Å². The van der Waals surface area contributed by atoms with Crippen LogP contribution >= 0.6 is 11.3 Å². The molecule has 8 heteroatoms. The zero-order valence-electron chi connectivity index (χ0n) is 14.0. The van der Waals surface area contributed by atoms with E-state index in [1.807, 2.05) is 18.5 Å². The molecule has 6 nitrogen and oxygen atoms in total. The molecule has 0 radical (unpaired) electrons. The Morgan fingerprint density at radius 1 is 1.21 bits per heavy atom. The molecule has 0 bridgehead atoms. The van der Waals surface area contributed by atoms with Gasteiger partial charge in [0.1, 0.15) is 5.82 Å². The monoisotopic (exact) mass is 366 g/mol. The van der Waals surface area contributed by atoms with Gasteiger partial charge in [-0.05, 0) is 39.0 Å². The van der Waals surface area contributed by atoms with Gasteiger partial charge in [-0.2, -0.15) is 5.10 Å². The van der Waals surface area contributed by atoms with E-state index in [0.717, 1.165) is 28.8 Å². The van der Waals surface area contributed by atoms with Crippen LogP contribution in [0.2, 0.25) is 0 Å². The van der Waals surface area contributed by atoms with Crippen LogP contribution < -0.4 is 0 Å². The molecule has 1 saturated carbocycles. The van der Waals surface area contributed by atoms with Gasteiger partial charge in [-0.3, -0.25) is 0 Å². The van der Waals surface area contributed by atoms with Gasteiger partial charge in [0.2, 0.25) is 0 Å². The second-order valence-electron chi connectivity index (χ2n) is 7.01. The molecule has 0 N–H and O–H groups in total. The van der Waals surface area contributed by atoms with Crippen LogP contribution in [0.3, 0.4) is 0 Å². The second kappa shape index (κ2) is 5.91. The molecule has 0 spiro atoms. The van der Waals surface area contributed by atoms with Crippen LogP contribution in [0.25, 0.3) is 0 Å². The van der Waals surface area contributed by atoms with Crippen molar-refractivity contribution in [1.29, 1.82) is 0 Å². The lowest BCUT2D eigenvalue weighted by Gasteiger charge is -2.11. The standard InChI is InChI=1S/C16H22N4O2S2/c1-10-14(23-11(2)17-10)8-16-18-15(7-12-3-4-12)19-20(16)13-5-6-24(21,22)9-13/h12-13H,3-9H2,1-2H3/t13-/m1/s1. The fourth-order valence-corrected chi connectivity index (χ4v) is 5.96. The zero-order chi connectivity index (χ0) is 16.9. The second-order valence-corrected chi connectivity index (χ2v) is 10.5. The molecule has 2 fully saturated rings. The Bertz CT molecular complexity index is 865. The highest BCUT2D eigenvalue weighted by Gasteiger charge is 2.33. The van der Waals surface area contributed by atoms with Crippen molar-refractivity contribution in [3.8, 4) is 0 Å². The predicted octanol–water partition coefficient (Wildman–Crippen LogP) is 2.25. The van der Waals surface area contributed by atoms with E-state index < -0.39 is 9.84 Å². The van der Waals surface area contributed by atoms with Gasteiger partial charge >= 0.3 is 0 Å². The van der Waals surface area contributed by atoms with Crippen molar-refractivity contribution in [2.45, 2.75) is 52.0 Å².